The molecule has 31 heavy (non-hydrogen) atoms. The highest BCUT2D eigenvalue weighted by atomic mass is 16.5. The zero-order valence-corrected chi connectivity index (χ0v) is 18.4. The topological polar surface area (TPSA) is 92.6 Å². The molecule has 7 heteroatoms. The number of nitriles is 1. The third-order valence-electron chi connectivity index (χ3n) is 4.47. The van der Waals surface area contributed by atoms with Gasteiger partial charge < -0.3 is 24.8 Å². The number of benzene rings is 2. The number of carbonyl (C=O) groups is 1. The van der Waals surface area contributed by atoms with Gasteiger partial charge in [-0.05, 0) is 51.1 Å². The molecule has 164 valence electrons. The lowest BCUT2D eigenvalue weighted by Crippen LogP contribution is -2.29. The number of rotatable bonds is 11. The summed E-state index contributed by atoms with van der Waals surface area (Å²) in [5, 5.41) is 15.2. The minimum Gasteiger partial charge on any atom is -0.497 e. The summed E-state index contributed by atoms with van der Waals surface area (Å²) in [6, 6.07) is 14.7. The zero-order chi connectivity index (χ0) is 22.6. The van der Waals surface area contributed by atoms with Crippen LogP contribution in [0.1, 0.15) is 31.0 Å². The van der Waals surface area contributed by atoms with Gasteiger partial charge in [0.2, 0.25) is 0 Å². The lowest BCUT2D eigenvalue weighted by Gasteiger charge is -2.18. The highest BCUT2D eigenvalue weighted by Gasteiger charge is 2.17. The van der Waals surface area contributed by atoms with Crippen molar-refractivity contribution in [3.8, 4) is 23.3 Å². The highest BCUT2D eigenvalue weighted by Crippen LogP contribution is 2.26. The van der Waals surface area contributed by atoms with Crippen molar-refractivity contribution in [3.05, 3.63) is 65.4 Å². The Hall–Kier alpha value is -3.66. The van der Waals surface area contributed by atoms with Crippen LogP contribution in [-0.2, 0) is 4.79 Å². The summed E-state index contributed by atoms with van der Waals surface area (Å²) in [5.74, 6) is 1.73. The standard InChI is InChI=1S/C24H29N3O4/c1-5-30-23-11-6-17(2)14-22(23)18(3)27-24(28)19(15-25)16-26-12-13-31-21-9-7-20(29-4)8-10-21/h6-11,14,16,18,26H,5,12-13H2,1-4H3,(H,27,28)/b19-16-. The Morgan fingerprint density at radius 3 is 2.52 bits per heavy atom. The summed E-state index contributed by atoms with van der Waals surface area (Å²) in [6.07, 6.45) is 1.40. The molecular formula is C24H29N3O4. The monoisotopic (exact) mass is 423 g/mol. The third kappa shape index (κ3) is 7.27. The van der Waals surface area contributed by atoms with Crippen molar-refractivity contribution >= 4 is 5.91 Å². The van der Waals surface area contributed by atoms with Crippen molar-refractivity contribution in [2.75, 3.05) is 26.9 Å². The Balaban J connectivity index is 1.88. The molecule has 0 spiro atoms. The summed E-state index contributed by atoms with van der Waals surface area (Å²) in [7, 11) is 1.61. The molecule has 1 unspecified atom stereocenters. The minimum absolute atomic E-state index is 0.0121. The first kappa shape index (κ1) is 23.6. The van der Waals surface area contributed by atoms with Crippen molar-refractivity contribution < 1.29 is 19.0 Å². The molecule has 1 atom stereocenters. The van der Waals surface area contributed by atoms with Gasteiger partial charge >= 0.3 is 0 Å². The average molecular weight is 424 g/mol. The van der Waals surface area contributed by atoms with E-state index in [4.69, 9.17) is 14.2 Å². The van der Waals surface area contributed by atoms with Gasteiger partial charge in [0.25, 0.3) is 5.91 Å². The highest BCUT2D eigenvalue weighted by molar-refractivity contribution is 5.97. The van der Waals surface area contributed by atoms with Gasteiger partial charge in [0.1, 0.15) is 35.5 Å². The number of methoxy groups -OCH3 is 1. The van der Waals surface area contributed by atoms with E-state index >= 15 is 0 Å². The smallest absolute Gasteiger partial charge is 0.263 e. The van der Waals surface area contributed by atoms with Crippen molar-refractivity contribution in [2.45, 2.75) is 26.8 Å². The molecule has 0 radical (unpaired) electrons. The molecule has 0 heterocycles. The molecule has 2 aromatic carbocycles. The van der Waals surface area contributed by atoms with Crippen molar-refractivity contribution in [2.24, 2.45) is 0 Å². The number of hydrogen-bond acceptors (Lipinski definition) is 6. The Morgan fingerprint density at radius 2 is 1.87 bits per heavy atom. The van der Waals surface area contributed by atoms with E-state index in [1.54, 1.807) is 7.11 Å². The molecule has 0 aromatic heterocycles. The fraction of sp³-hybridized carbons (Fsp3) is 0.333. The third-order valence-corrected chi connectivity index (χ3v) is 4.47. The van der Waals surface area contributed by atoms with Crippen LogP contribution in [0, 0.1) is 18.3 Å². The largest absolute Gasteiger partial charge is 0.497 e. The lowest BCUT2D eigenvalue weighted by atomic mass is 10.0. The van der Waals surface area contributed by atoms with Gasteiger partial charge in [0, 0.05) is 18.3 Å². The molecule has 0 fully saturated rings. The average Bonchev–Trinajstić information content (AvgIpc) is 2.77. The maximum Gasteiger partial charge on any atom is 0.263 e. The molecule has 0 aliphatic rings. The molecule has 0 saturated heterocycles. The first-order chi connectivity index (χ1) is 15.0. The Kier molecular flexibility index (Phi) is 9.24. The van der Waals surface area contributed by atoms with E-state index in [0.717, 1.165) is 22.6 Å². The van der Waals surface area contributed by atoms with Gasteiger partial charge in [-0.2, -0.15) is 5.26 Å². The maximum atomic E-state index is 12.5. The lowest BCUT2D eigenvalue weighted by molar-refractivity contribution is -0.117. The summed E-state index contributed by atoms with van der Waals surface area (Å²) >= 11 is 0. The second kappa shape index (κ2) is 12.1. The molecule has 0 aliphatic carbocycles. The Bertz CT molecular complexity index is 933. The Morgan fingerprint density at radius 1 is 1.16 bits per heavy atom. The number of amides is 1. The molecule has 0 saturated carbocycles. The van der Waals surface area contributed by atoms with Gasteiger partial charge in [-0.25, -0.2) is 0 Å². The molecule has 7 nitrogen and oxygen atoms in total. The fourth-order valence-electron chi connectivity index (χ4n) is 2.87. The molecule has 2 aromatic rings. The molecule has 0 aliphatic heterocycles. The minimum atomic E-state index is -0.456. The van der Waals surface area contributed by atoms with Crippen LogP contribution in [0.4, 0.5) is 0 Å². The number of carbonyl (C=O) groups excluding carboxylic acids is 1. The molecular weight excluding hydrogens is 394 g/mol. The van der Waals surface area contributed by atoms with Gasteiger partial charge in [-0.3, -0.25) is 4.79 Å². The maximum absolute atomic E-state index is 12.5. The normalized spacial score (nSPS) is 11.8. The number of nitrogens with zero attached hydrogens (tertiary/aromatic N) is 1. The van der Waals surface area contributed by atoms with E-state index in [-0.39, 0.29) is 11.6 Å². The van der Waals surface area contributed by atoms with Crippen LogP contribution in [0.25, 0.3) is 0 Å². The van der Waals surface area contributed by atoms with E-state index in [1.807, 2.05) is 69.3 Å². The summed E-state index contributed by atoms with van der Waals surface area (Å²) < 4.78 is 16.4. The number of ether oxygens (including phenoxy) is 3. The molecule has 2 N–H and O–H groups in total. The molecule has 1 amide bonds. The molecule has 0 bridgehead atoms. The quantitative estimate of drug-likeness (QED) is 0.326. The van der Waals surface area contributed by atoms with E-state index in [1.165, 1.54) is 6.20 Å². The number of aryl methyl sites for hydroxylation is 1. The van der Waals surface area contributed by atoms with E-state index in [2.05, 4.69) is 10.6 Å². The van der Waals surface area contributed by atoms with Gasteiger partial charge in [0.05, 0.1) is 19.8 Å². The van der Waals surface area contributed by atoms with E-state index < -0.39 is 5.91 Å². The summed E-state index contributed by atoms with van der Waals surface area (Å²) in [5.41, 5.74) is 1.92. The number of hydrogen-bond donors (Lipinski definition) is 2. The van der Waals surface area contributed by atoms with Crippen LogP contribution in [-0.4, -0.2) is 32.8 Å². The Labute approximate surface area is 183 Å². The first-order valence-electron chi connectivity index (χ1n) is 10.1. The van der Waals surface area contributed by atoms with Crippen LogP contribution < -0.4 is 24.8 Å². The van der Waals surface area contributed by atoms with Crippen LogP contribution in [0.15, 0.2) is 54.2 Å². The summed E-state index contributed by atoms with van der Waals surface area (Å²) in [6.45, 7) is 7.09. The van der Waals surface area contributed by atoms with Crippen LogP contribution in [0.5, 0.6) is 17.2 Å². The van der Waals surface area contributed by atoms with Crippen LogP contribution in [0.3, 0.4) is 0 Å². The van der Waals surface area contributed by atoms with Gasteiger partial charge in [-0.15, -0.1) is 0 Å². The van der Waals surface area contributed by atoms with Crippen molar-refractivity contribution in [1.82, 2.24) is 10.6 Å². The van der Waals surface area contributed by atoms with Gasteiger partial charge in [0.15, 0.2) is 0 Å². The van der Waals surface area contributed by atoms with Crippen molar-refractivity contribution in [3.63, 3.8) is 0 Å². The van der Waals surface area contributed by atoms with Crippen LogP contribution >= 0.6 is 0 Å². The van der Waals surface area contributed by atoms with Crippen LogP contribution in [0.2, 0.25) is 0 Å². The van der Waals surface area contributed by atoms with E-state index in [9.17, 15) is 10.1 Å². The van der Waals surface area contributed by atoms with Gasteiger partial charge in [-0.1, -0.05) is 17.7 Å². The second-order valence-corrected chi connectivity index (χ2v) is 6.82. The van der Waals surface area contributed by atoms with E-state index in [0.29, 0.717) is 25.5 Å². The molecule has 2 rings (SSSR count). The summed E-state index contributed by atoms with van der Waals surface area (Å²) in [4.78, 5) is 12.5. The zero-order valence-electron chi connectivity index (χ0n) is 18.4. The predicted molar refractivity (Wildman–Crippen MR) is 119 cm³/mol. The second-order valence-electron chi connectivity index (χ2n) is 6.82. The number of nitrogens with one attached hydrogen (secondary N) is 2. The fourth-order valence-corrected chi connectivity index (χ4v) is 2.87. The predicted octanol–water partition coefficient (Wildman–Crippen LogP) is 3.66. The SMILES string of the molecule is CCOc1ccc(C)cc1C(C)NC(=O)/C(C#N)=C\NCCOc1ccc(OC)cc1. The first-order valence-corrected chi connectivity index (χ1v) is 10.1. The van der Waals surface area contributed by atoms with Crippen molar-refractivity contribution in [1.29, 1.82) is 5.26 Å².